The van der Waals surface area contributed by atoms with Gasteiger partial charge in [-0.3, -0.25) is 0 Å². The topological polar surface area (TPSA) is 9.23 Å². The Labute approximate surface area is 198 Å². The summed E-state index contributed by atoms with van der Waals surface area (Å²) in [7, 11) is 0. The summed E-state index contributed by atoms with van der Waals surface area (Å²) in [5.74, 6) is 2.20. The molecule has 0 radical (unpaired) electrons. The van der Waals surface area contributed by atoms with Crippen LogP contribution in [0.1, 0.15) is 89.2 Å². The maximum Gasteiger partial charge on any atom is 0.144 e. The fourth-order valence-electron chi connectivity index (χ4n) is 4.60. The number of unbranched alkanes of at least 4 members (excludes halogenated alkanes) is 6. The third-order valence-electron chi connectivity index (χ3n) is 6.08. The molecule has 2 aromatic rings. The van der Waals surface area contributed by atoms with Gasteiger partial charge >= 0.3 is 0 Å². The summed E-state index contributed by atoms with van der Waals surface area (Å²) < 4.78 is 8.99. The van der Waals surface area contributed by atoms with Gasteiger partial charge in [-0.15, -0.1) is 0 Å². The van der Waals surface area contributed by atoms with Gasteiger partial charge in [0.25, 0.3) is 0 Å². The largest absolute Gasteiger partial charge is 0.454 e. The summed E-state index contributed by atoms with van der Waals surface area (Å²) >= 11 is 4.89. The van der Waals surface area contributed by atoms with E-state index in [2.05, 4.69) is 95.4 Å². The maximum atomic E-state index is 6.53. The zero-order valence-corrected chi connectivity index (χ0v) is 21.5. The number of ether oxygens (including phenoxy) is 1. The number of benzene rings is 2. The Morgan fingerprint density at radius 3 is 1.57 bits per heavy atom. The van der Waals surface area contributed by atoms with Gasteiger partial charge in [0.05, 0.1) is 7.14 Å². The Hall–Kier alpha value is -0.300. The van der Waals surface area contributed by atoms with Gasteiger partial charge < -0.3 is 4.74 Å². The number of hydrogen-bond donors (Lipinski definition) is 0. The third kappa shape index (κ3) is 4.71. The minimum atomic E-state index is 0.0900. The number of rotatable bonds is 10. The molecule has 1 nitrogen and oxygen atoms in total. The first-order valence-electron chi connectivity index (χ1n) is 10.9. The summed E-state index contributed by atoms with van der Waals surface area (Å²) in [6, 6.07) is 13.5. The Morgan fingerprint density at radius 2 is 1.14 bits per heavy atom. The Kier molecular flexibility index (Phi) is 8.51. The average Bonchev–Trinajstić information content (AvgIpc) is 2.70. The first-order chi connectivity index (χ1) is 13.6. The van der Waals surface area contributed by atoms with Crippen molar-refractivity contribution in [2.24, 2.45) is 0 Å². The van der Waals surface area contributed by atoms with Crippen LogP contribution in [0.15, 0.2) is 36.4 Å². The van der Waals surface area contributed by atoms with Gasteiger partial charge in [-0.1, -0.05) is 89.5 Å². The van der Waals surface area contributed by atoms with Crippen LogP contribution in [-0.4, -0.2) is 0 Å². The van der Waals surface area contributed by atoms with Gasteiger partial charge in [0, 0.05) is 16.5 Å². The minimum absolute atomic E-state index is 0.0900. The van der Waals surface area contributed by atoms with Crippen LogP contribution in [0, 0.1) is 7.14 Å². The van der Waals surface area contributed by atoms with Gasteiger partial charge in [0.15, 0.2) is 0 Å². The molecule has 28 heavy (non-hydrogen) atoms. The zero-order chi connectivity index (χ0) is 20.0. The van der Waals surface area contributed by atoms with Gasteiger partial charge in [0.1, 0.15) is 11.5 Å². The zero-order valence-electron chi connectivity index (χ0n) is 17.2. The lowest BCUT2D eigenvalue weighted by Crippen LogP contribution is -2.32. The van der Waals surface area contributed by atoms with E-state index in [1.165, 1.54) is 82.5 Å². The maximum absolute atomic E-state index is 6.53. The van der Waals surface area contributed by atoms with Crippen LogP contribution >= 0.6 is 45.2 Å². The van der Waals surface area contributed by atoms with E-state index in [4.69, 9.17) is 4.74 Å². The number of hydrogen-bond acceptors (Lipinski definition) is 1. The molecule has 0 unspecified atom stereocenters. The molecule has 3 rings (SSSR count). The first kappa shape index (κ1) is 22.4. The van der Waals surface area contributed by atoms with Crippen LogP contribution in [0.25, 0.3) is 0 Å². The van der Waals surface area contributed by atoms with E-state index in [1.54, 1.807) is 0 Å². The molecular weight excluding hydrogens is 570 g/mol. The van der Waals surface area contributed by atoms with Gasteiger partial charge in [-0.05, 0) is 70.2 Å². The normalized spacial score (nSPS) is 14.3. The second-order valence-electron chi connectivity index (χ2n) is 8.04. The van der Waals surface area contributed by atoms with Crippen molar-refractivity contribution in [2.45, 2.75) is 83.5 Å². The molecule has 0 saturated heterocycles. The van der Waals surface area contributed by atoms with E-state index >= 15 is 0 Å². The SMILES string of the molecule is CCCCCCC1(CCCCCC)c2cccc(I)c2Oc2c(I)cccc21. The third-order valence-corrected chi connectivity index (χ3v) is 7.78. The molecule has 0 fully saturated rings. The van der Waals surface area contributed by atoms with Crippen LogP contribution in [0.4, 0.5) is 0 Å². The highest BCUT2D eigenvalue weighted by Gasteiger charge is 2.42. The van der Waals surface area contributed by atoms with E-state index < -0.39 is 0 Å². The van der Waals surface area contributed by atoms with Crippen molar-refractivity contribution in [3.63, 3.8) is 0 Å². The van der Waals surface area contributed by atoms with Gasteiger partial charge in [0.2, 0.25) is 0 Å². The van der Waals surface area contributed by atoms with E-state index in [0.717, 1.165) is 11.5 Å². The molecule has 3 heteroatoms. The predicted octanol–water partition coefficient (Wildman–Crippen LogP) is 9.23. The van der Waals surface area contributed by atoms with Crippen molar-refractivity contribution in [2.75, 3.05) is 0 Å². The van der Waals surface area contributed by atoms with E-state index in [0.29, 0.717) is 0 Å². The summed E-state index contributed by atoms with van der Waals surface area (Å²) in [6.07, 6.45) is 12.9. The van der Waals surface area contributed by atoms with Crippen molar-refractivity contribution in [1.82, 2.24) is 0 Å². The number of para-hydroxylation sites is 2. The van der Waals surface area contributed by atoms with Crippen molar-refractivity contribution in [3.8, 4) is 11.5 Å². The second-order valence-corrected chi connectivity index (χ2v) is 10.4. The standard InChI is InChI=1S/C25H32I2O/c1-3-5-7-9-17-25(18-10-8-6-4-2)19-13-11-15-21(26)23(19)28-24-20(25)14-12-16-22(24)27/h11-16H,3-10,17-18H2,1-2H3. The molecular formula is C25H32I2O. The van der Waals surface area contributed by atoms with Crippen LogP contribution < -0.4 is 4.74 Å². The molecule has 0 amide bonds. The van der Waals surface area contributed by atoms with Crippen LogP contribution in [0.5, 0.6) is 11.5 Å². The summed E-state index contributed by atoms with van der Waals surface area (Å²) in [5.41, 5.74) is 2.93. The molecule has 1 aliphatic rings. The van der Waals surface area contributed by atoms with E-state index in [-0.39, 0.29) is 5.41 Å². The Morgan fingerprint density at radius 1 is 0.679 bits per heavy atom. The van der Waals surface area contributed by atoms with Crippen LogP contribution in [0.3, 0.4) is 0 Å². The van der Waals surface area contributed by atoms with Crippen LogP contribution in [-0.2, 0) is 5.41 Å². The molecule has 152 valence electrons. The lowest BCUT2D eigenvalue weighted by molar-refractivity contribution is 0.335. The monoisotopic (exact) mass is 602 g/mol. The lowest BCUT2D eigenvalue weighted by atomic mass is 9.66. The molecule has 0 bridgehead atoms. The van der Waals surface area contributed by atoms with Crippen molar-refractivity contribution < 1.29 is 4.74 Å². The smallest absolute Gasteiger partial charge is 0.144 e. The Bertz CT molecular complexity index is 719. The minimum Gasteiger partial charge on any atom is -0.454 e. The molecule has 0 N–H and O–H groups in total. The molecule has 2 aromatic carbocycles. The average molecular weight is 602 g/mol. The molecule has 0 aromatic heterocycles. The molecule has 0 spiro atoms. The van der Waals surface area contributed by atoms with Crippen molar-refractivity contribution >= 4 is 45.2 Å². The fraction of sp³-hybridized carbons (Fsp3) is 0.520. The van der Waals surface area contributed by atoms with Crippen molar-refractivity contribution in [3.05, 3.63) is 54.7 Å². The van der Waals surface area contributed by atoms with Gasteiger partial charge in [-0.2, -0.15) is 0 Å². The molecule has 0 atom stereocenters. The van der Waals surface area contributed by atoms with Crippen LogP contribution in [0.2, 0.25) is 0 Å². The van der Waals surface area contributed by atoms with Crippen molar-refractivity contribution in [1.29, 1.82) is 0 Å². The Balaban J connectivity index is 2.07. The van der Waals surface area contributed by atoms with Gasteiger partial charge in [-0.25, -0.2) is 0 Å². The summed E-state index contributed by atoms with van der Waals surface area (Å²) in [5, 5.41) is 0. The molecule has 0 saturated carbocycles. The highest BCUT2D eigenvalue weighted by atomic mass is 127. The molecule has 1 heterocycles. The highest BCUT2D eigenvalue weighted by molar-refractivity contribution is 14.1. The quantitative estimate of drug-likeness (QED) is 0.195. The lowest BCUT2D eigenvalue weighted by Gasteiger charge is -2.41. The molecule has 1 aliphatic heterocycles. The molecule has 0 aliphatic carbocycles. The summed E-state index contributed by atoms with van der Waals surface area (Å²) in [6.45, 7) is 4.59. The number of fused-ring (bicyclic) bond motifs is 2. The summed E-state index contributed by atoms with van der Waals surface area (Å²) in [4.78, 5) is 0. The fourth-order valence-corrected chi connectivity index (χ4v) is 5.81. The second kappa shape index (κ2) is 10.6. The highest BCUT2D eigenvalue weighted by Crippen LogP contribution is 2.55. The number of halogens is 2. The van der Waals surface area contributed by atoms with E-state index in [1.807, 2.05) is 0 Å². The first-order valence-corrected chi connectivity index (χ1v) is 13.1. The predicted molar refractivity (Wildman–Crippen MR) is 137 cm³/mol. The van der Waals surface area contributed by atoms with E-state index in [9.17, 15) is 0 Å².